The van der Waals surface area contributed by atoms with Crippen LogP contribution in [0, 0.1) is 12.8 Å². The summed E-state index contributed by atoms with van der Waals surface area (Å²) < 4.78 is 11.9. The highest BCUT2D eigenvalue weighted by atomic mass is 32.1. The lowest BCUT2D eigenvalue weighted by Gasteiger charge is -2.25. The van der Waals surface area contributed by atoms with Crippen molar-refractivity contribution in [3.63, 3.8) is 0 Å². The van der Waals surface area contributed by atoms with Gasteiger partial charge in [0.1, 0.15) is 23.0 Å². The monoisotopic (exact) mass is 553 g/mol. The largest absolute Gasteiger partial charge is 0.507 e. The predicted molar refractivity (Wildman–Crippen MR) is 157 cm³/mol. The van der Waals surface area contributed by atoms with E-state index in [0.29, 0.717) is 40.9 Å². The molecule has 0 spiro atoms. The van der Waals surface area contributed by atoms with E-state index in [0.717, 1.165) is 10.4 Å². The number of rotatable bonds is 9. The number of carbonyl (C=O) groups is 2. The molecule has 0 bridgehead atoms. The van der Waals surface area contributed by atoms with E-state index in [1.807, 2.05) is 79.0 Å². The van der Waals surface area contributed by atoms with Crippen LogP contribution >= 0.6 is 11.3 Å². The summed E-state index contributed by atoms with van der Waals surface area (Å²) in [7, 11) is 0. The van der Waals surface area contributed by atoms with E-state index in [2.05, 4.69) is 13.8 Å². The normalized spacial score (nSPS) is 16.5. The number of carbonyl (C=O) groups excluding carboxylic acids is 2. The number of aryl methyl sites for hydroxylation is 1. The number of ether oxygens (including phenoxy) is 2. The number of aliphatic hydroxyl groups excluding tert-OH is 1. The third-order valence-corrected chi connectivity index (χ3v) is 7.48. The van der Waals surface area contributed by atoms with Gasteiger partial charge in [0, 0.05) is 10.4 Å². The number of ketones is 1. The molecule has 1 fully saturated rings. The topological polar surface area (TPSA) is 76.1 Å². The van der Waals surface area contributed by atoms with Gasteiger partial charge in [0.05, 0.1) is 24.8 Å². The van der Waals surface area contributed by atoms with Crippen LogP contribution in [-0.4, -0.2) is 28.3 Å². The first-order valence-electron chi connectivity index (χ1n) is 13.2. The first-order valence-corrected chi connectivity index (χ1v) is 14.1. The number of aliphatic hydroxyl groups is 1. The summed E-state index contributed by atoms with van der Waals surface area (Å²) in [6, 6.07) is 25.0. The molecule has 5 rings (SSSR count). The molecule has 0 aliphatic carbocycles. The molecule has 4 aromatic rings. The molecular weight excluding hydrogens is 522 g/mol. The van der Waals surface area contributed by atoms with Crippen molar-refractivity contribution in [3.8, 4) is 17.2 Å². The molecule has 204 valence electrons. The van der Waals surface area contributed by atoms with Gasteiger partial charge in [-0.05, 0) is 77.9 Å². The van der Waals surface area contributed by atoms with Crippen LogP contribution in [0.15, 0.2) is 95.9 Å². The Morgan fingerprint density at radius 1 is 0.950 bits per heavy atom. The molecule has 3 aromatic carbocycles. The van der Waals surface area contributed by atoms with Gasteiger partial charge in [0.15, 0.2) is 0 Å². The molecule has 1 aromatic heterocycles. The van der Waals surface area contributed by atoms with Crippen LogP contribution in [-0.2, 0) is 16.1 Å². The lowest BCUT2D eigenvalue weighted by molar-refractivity contribution is -0.140. The van der Waals surface area contributed by atoms with Crippen LogP contribution in [0.5, 0.6) is 17.2 Å². The fourth-order valence-electron chi connectivity index (χ4n) is 4.70. The Labute approximate surface area is 238 Å². The number of hydrogen-bond acceptors (Lipinski definition) is 6. The summed E-state index contributed by atoms with van der Waals surface area (Å²) in [6.07, 6.45) is 0. The van der Waals surface area contributed by atoms with Gasteiger partial charge in [-0.15, -0.1) is 11.3 Å². The number of hydrogen-bond donors (Lipinski definition) is 1. The average molecular weight is 554 g/mol. The Hall–Kier alpha value is -4.36. The van der Waals surface area contributed by atoms with E-state index in [-0.39, 0.29) is 17.9 Å². The minimum atomic E-state index is -0.793. The SMILES string of the molecule is Cc1cc(/C(O)=C2\C(=O)C(=O)N(Cc3cccs3)C2c2cccc(Oc3ccccc3)c2)ccc1OCC(C)C. The standard InChI is InChI=1S/C33H31NO5S/c1-21(2)20-38-28-15-14-24(17-22(28)3)31(35)29-30(34(33(37)32(29)36)19-27-13-8-16-40-27)23-9-7-12-26(18-23)39-25-10-5-4-6-11-25/h4-18,21,30,35H,19-20H2,1-3H3/b31-29+. The first-order chi connectivity index (χ1) is 19.3. The highest BCUT2D eigenvalue weighted by Gasteiger charge is 2.46. The molecule has 1 saturated heterocycles. The molecule has 1 atom stereocenters. The number of thiophene rings is 1. The smallest absolute Gasteiger partial charge is 0.295 e. The van der Waals surface area contributed by atoms with E-state index in [4.69, 9.17) is 9.47 Å². The Bertz CT molecular complexity index is 1540. The fourth-order valence-corrected chi connectivity index (χ4v) is 5.41. The van der Waals surface area contributed by atoms with Crippen molar-refractivity contribution in [2.75, 3.05) is 6.61 Å². The van der Waals surface area contributed by atoms with Crippen molar-refractivity contribution >= 4 is 28.8 Å². The van der Waals surface area contributed by atoms with Crippen LogP contribution in [0.2, 0.25) is 0 Å². The van der Waals surface area contributed by atoms with Gasteiger partial charge in [-0.2, -0.15) is 0 Å². The van der Waals surface area contributed by atoms with Crippen LogP contribution in [0.3, 0.4) is 0 Å². The number of benzene rings is 3. The Kier molecular flexibility index (Phi) is 8.03. The zero-order valence-corrected chi connectivity index (χ0v) is 23.5. The van der Waals surface area contributed by atoms with Gasteiger partial charge in [0.25, 0.3) is 11.7 Å². The minimum absolute atomic E-state index is 0.0497. The molecule has 0 saturated carbocycles. The van der Waals surface area contributed by atoms with Gasteiger partial charge in [-0.3, -0.25) is 9.59 Å². The second kappa shape index (κ2) is 11.8. The summed E-state index contributed by atoms with van der Waals surface area (Å²) in [5.41, 5.74) is 1.99. The molecule has 1 amide bonds. The summed E-state index contributed by atoms with van der Waals surface area (Å²) in [5, 5.41) is 13.5. The van der Waals surface area contributed by atoms with Crippen LogP contribution in [0.4, 0.5) is 0 Å². The molecule has 1 aliphatic heterocycles. The molecule has 1 N–H and O–H groups in total. The van der Waals surface area contributed by atoms with Gasteiger partial charge < -0.3 is 19.5 Å². The number of likely N-dealkylation sites (tertiary alicyclic amines) is 1. The van der Waals surface area contributed by atoms with Crippen molar-refractivity contribution in [2.45, 2.75) is 33.4 Å². The number of Topliss-reactive ketones (excluding diaryl/α,β-unsaturated/α-hetero) is 1. The van der Waals surface area contributed by atoms with E-state index < -0.39 is 17.7 Å². The highest BCUT2D eigenvalue weighted by Crippen LogP contribution is 2.42. The van der Waals surface area contributed by atoms with E-state index in [9.17, 15) is 14.7 Å². The first kappa shape index (κ1) is 27.2. The molecule has 7 heteroatoms. The fraction of sp³-hybridized carbons (Fsp3) is 0.212. The maximum Gasteiger partial charge on any atom is 0.295 e. The number of para-hydroxylation sites is 1. The minimum Gasteiger partial charge on any atom is -0.507 e. The molecule has 1 aliphatic rings. The summed E-state index contributed by atoms with van der Waals surface area (Å²) in [4.78, 5) is 29.3. The summed E-state index contributed by atoms with van der Waals surface area (Å²) in [5.74, 6) is 0.730. The average Bonchev–Trinajstić information content (AvgIpc) is 3.55. The van der Waals surface area contributed by atoms with Gasteiger partial charge in [-0.1, -0.05) is 50.2 Å². The van der Waals surface area contributed by atoms with Gasteiger partial charge in [-0.25, -0.2) is 0 Å². The van der Waals surface area contributed by atoms with Crippen molar-refractivity contribution < 1.29 is 24.2 Å². The van der Waals surface area contributed by atoms with E-state index in [1.54, 1.807) is 18.2 Å². The lowest BCUT2D eigenvalue weighted by atomic mass is 9.94. The summed E-state index contributed by atoms with van der Waals surface area (Å²) >= 11 is 1.51. The second-order valence-corrected chi connectivity index (χ2v) is 11.2. The van der Waals surface area contributed by atoms with Crippen molar-refractivity contribution in [1.82, 2.24) is 4.90 Å². The quantitative estimate of drug-likeness (QED) is 0.132. The van der Waals surface area contributed by atoms with Crippen LogP contribution in [0.25, 0.3) is 5.76 Å². The number of amides is 1. The maximum absolute atomic E-state index is 13.5. The van der Waals surface area contributed by atoms with Crippen LogP contribution < -0.4 is 9.47 Å². The molecule has 2 heterocycles. The molecule has 6 nitrogen and oxygen atoms in total. The van der Waals surface area contributed by atoms with Crippen molar-refractivity contribution in [1.29, 1.82) is 0 Å². The van der Waals surface area contributed by atoms with E-state index in [1.165, 1.54) is 16.2 Å². The van der Waals surface area contributed by atoms with Gasteiger partial charge in [0.2, 0.25) is 0 Å². The van der Waals surface area contributed by atoms with Crippen molar-refractivity contribution in [2.24, 2.45) is 5.92 Å². The second-order valence-electron chi connectivity index (χ2n) is 10.2. The van der Waals surface area contributed by atoms with Crippen LogP contribution in [0.1, 0.15) is 41.5 Å². The predicted octanol–water partition coefficient (Wildman–Crippen LogP) is 7.51. The highest BCUT2D eigenvalue weighted by molar-refractivity contribution is 7.09. The lowest BCUT2D eigenvalue weighted by Crippen LogP contribution is -2.28. The van der Waals surface area contributed by atoms with E-state index >= 15 is 0 Å². The zero-order chi connectivity index (χ0) is 28.2. The van der Waals surface area contributed by atoms with Crippen molar-refractivity contribution in [3.05, 3.63) is 117 Å². The Morgan fingerprint density at radius 2 is 1.73 bits per heavy atom. The zero-order valence-electron chi connectivity index (χ0n) is 22.7. The molecule has 0 radical (unpaired) electrons. The molecule has 40 heavy (non-hydrogen) atoms. The molecular formula is C33H31NO5S. The third kappa shape index (κ3) is 5.80. The molecule has 1 unspecified atom stereocenters. The Balaban J connectivity index is 1.57. The third-order valence-electron chi connectivity index (χ3n) is 6.62. The maximum atomic E-state index is 13.5. The Morgan fingerprint density at radius 3 is 2.42 bits per heavy atom. The summed E-state index contributed by atoms with van der Waals surface area (Å²) in [6.45, 7) is 6.86. The van der Waals surface area contributed by atoms with Gasteiger partial charge >= 0.3 is 0 Å². The number of nitrogens with zero attached hydrogens (tertiary/aromatic N) is 1.